The van der Waals surface area contributed by atoms with E-state index in [9.17, 15) is 4.79 Å². The monoisotopic (exact) mass is 462 g/mol. The highest BCUT2D eigenvalue weighted by atomic mass is 16.5. The standard InChI is InChI=1S/C31H30N2O2/c1-3-21-35-27-19-15-25(16-20-27)30-32(22-24-9-5-4-6-10-24)29-12-8-7-11-28(29)31(34)33(30)26-17-13-23(2)14-18-26/h4-20,30H,3,21-22H2,1-2H3/t30-/m0/s1. The highest BCUT2D eigenvalue weighted by Gasteiger charge is 2.39. The Morgan fingerprint density at radius 2 is 1.49 bits per heavy atom. The minimum absolute atomic E-state index is 0.00470. The van der Waals surface area contributed by atoms with Crippen molar-refractivity contribution in [2.45, 2.75) is 33.0 Å². The number of carbonyl (C=O) groups excluding carboxylic acids is 1. The molecule has 1 aliphatic rings. The van der Waals surface area contributed by atoms with Crippen LogP contribution in [0.5, 0.6) is 5.75 Å². The number of fused-ring (bicyclic) bond motifs is 1. The summed E-state index contributed by atoms with van der Waals surface area (Å²) in [6.07, 6.45) is 0.655. The van der Waals surface area contributed by atoms with Crippen molar-refractivity contribution in [3.63, 3.8) is 0 Å². The summed E-state index contributed by atoms with van der Waals surface area (Å²) in [7, 11) is 0. The number of hydrogen-bond acceptors (Lipinski definition) is 3. The van der Waals surface area contributed by atoms with Crippen LogP contribution in [0.3, 0.4) is 0 Å². The van der Waals surface area contributed by atoms with Crippen molar-refractivity contribution in [3.8, 4) is 5.75 Å². The molecule has 0 spiro atoms. The lowest BCUT2D eigenvalue weighted by Crippen LogP contribution is -2.49. The lowest BCUT2D eigenvalue weighted by Gasteiger charge is -2.46. The topological polar surface area (TPSA) is 32.8 Å². The fourth-order valence-electron chi connectivity index (χ4n) is 4.62. The number of benzene rings is 4. The normalized spacial score (nSPS) is 15.1. The van der Waals surface area contributed by atoms with Crippen molar-refractivity contribution in [3.05, 3.63) is 125 Å². The molecule has 0 aromatic heterocycles. The second-order valence-electron chi connectivity index (χ2n) is 8.93. The maximum absolute atomic E-state index is 14.0. The summed E-state index contributed by atoms with van der Waals surface area (Å²) in [5.74, 6) is 0.847. The molecule has 0 bridgehead atoms. The maximum Gasteiger partial charge on any atom is 0.262 e. The Balaban J connectivity index is 1.66. The number of hydrogen-bond donors (Lipinski definition) is 0. The highest BCUT2D eigenvalue weighted by Crippen LogP contribution is 2.42. The Labute approximate surface area is 207 Å². The van der Waals surface area contributed by atoms with Gasteiger partial charge in [0.2, 0.25) is 0 Å². The van der Waals surface area contributed by atoms with Gasteiger partial charge in [-0.3, -0.25) is 9.69 Å². The molecule has 1 heterocycles. The summed E-state index contributed by atoms with van der Waals surface area (Å²) < 4.78 is 5.83. The Morgan fingerprint density at radius 1 is 0.800 bits per heavy atom. The molecule has 0 N–H and O–H groups in total. The van der Waals surface area contributed by atoms with Crippen LogP contribution in [0.25, 0.3) is 0 Å². The molecular formula is C31H30N2O2. The van der Waals surface area contributed by atoms with Crippen molar-refractivity contribution in [1.82, 2.24) is 0 Å². The SMILES string of the molecule is CCCOc1ccc([C@H]2N(Cc3ccccc3)c3ccccc3C(=O)N2c2ccc(C)cc2)cc1. The fourth-order valence-corrected chi connectivity index (χ4v) is 4.62. The zero-order chi connectivity index (χ0) is 24.2. The molecule has 0 saturated heterocycles. The molecule has 176 valence electrons. The molecule has 0 unspecified atom stereocenters. The van der Waals surface area contributed by atoms with E-state index in [2.05, 4.69) is 67.3 Å². The van der Waals surface area contributed by atoms with Crippen molar-refractivity contribution >= 4 is 17.3 Å². The van der Waals surface area contributed by atoms with Gasteiger partial charge in [0, 0.05) is 12.2 Å². The van der Waals surface area contributed by atoms with Crippen molar-refractivity contribution in [2.24, 2.45) is 0 Å². The van der Waals surface area contributed by atoms with Crippen LogP contribution in [-0.2, 0) is 6.54 Å². The van der Waals surface area contributed by atoms with E-state index in [1.807, 2.05) is 59.5 Å². The Bertz CT molecular complexity index is 1280. The van der Waals surface area contributed by atoms with Crippen molar-refractivity contribution in [2.75, 3.05) is 16.4 Å². The molecule has 0 saturated carbocycles. The molecule has 5 rings (SSSR count). The van der Waals surface area contributed by atoms with Crippen molar-refractivity contribution in [1.29, 1.82) is 0 Å². The molecule has 4 aromatic rings. The number of para-hydroxylation sites is 1. The fraction of sp³-hybridized carbons (Fsp3) is 0.194. The van der Waals surface area contributed by atoms with Gasteiger partial charge in [0.05, 0.1) is 17.9 Å². The summed E-state index contributed by atoms with van der Waals surface area (Å²) >= 11 is 0. The van der Waals surface area contributed by atoms with Crippen molar-refractivity contribution < 1.29 is 9.53 Å². The number of ether oxygens (including phenoxy) is 1. The van der Waals surface area contributed by atoms with E-state index in [4.69, 9.17) is 4.74 Å². The lowest BCUT2D eigenvalue weighted by atomic mass is 9.99. The van der Waals surface area contributed by atoms with Crippen LogP contribution in [0.15, 0.2) is 103 Å². The van der Waals surface area contributed by atoms with Crippen LogP contribution in [0.2, 0.25) is 0 Å². The molecule has 4 nitrogen and oxygen atoms in total. The van der Waals surface area contributed by atoms with Gasteiger partial charge in [-0.2, -0.15) is 0 Å². The van der Waals surface area contributed by atoms with Gasteiger partial charge in [-0.1, -0.05) is 79.2 Å². The summed E-state index contributed by atoms with van der Waals surface area (Å²) in [5, 5.41) is 0. The average Bonchev–Trinajstić information content (AvgIpc) is 2.90. The smallest absolute Gasteiger partial charge is 0.262 e. The number of rotatable bonds is 7. The number of aryl methyl sites for hydroxylation is 1. The lowest BCUT2D eigenvalue weighted by molar-refractivity contribution is 0.0968. The summed E-state index contributed by atoms with van der Waals surface area (Å²) in [4.78, 5) is 18.2. The van der Waals surface area contributed by atoms with E-state index in [-0.39, 0.29) is 12.1 Å². The number of amides is 1. The first-order valence-electron chi connectivity index (χ1n) is 12.2. The second-order valence-corrected chi connectivity index (χ2v) is 8.93. The van der Waals surface area contributed by atoms with E-state index in [1.165, 1.54) is 5.56 Å². The minimum Gasteiger partial charge on any atom is -0.494 e. The van der Waals surface area contributed by atoms with E-state index in [1.54, 1.807) is 0 Å². The molecule has 0 fully saturated rings. The van der Waals surface area contributed by atoms with Gasteiger partial charge in [-0.05, 0) is 60.9 Å². The van der Waals surface area contributed by atoms with Crippen LogP contribution in [0.4, 0.5) is 11.4 Å². The molecule has 4 aromatic carbocycles. The predicted molar refractivity (Wildman–Crippen MR) is 142 cm³/mol. The van der Waals surface area contributed by atoms with Crippen LogP contribution >= 0.6 is 0 Å². The van der Waals surface area contributed by atoms with E-state index >= 15 is 0 Å². The Hall–Kier alpha value is -4.05. The first-order chi connectivity index (χ1) is 17.2. The largest absolute Gasteiger partial charge is 0.494 e. The van der Waals surface area contributed by atoms with Gasteiger partial charge in [0.1, 0.15) is 11.9 Å². The quantitative estimate of drug-likeness (QED) is 0.292. The zero-order valence-electron chi connectivity index (χ0n) is 20.2. The van der Waals surface area contributed by atoms with Crippen LogP contribution in [-0.4, -0.2) is 12.5 Å². The minimum atomic E-state index is -0.305. The van der Waals surface area contributed by atoms with Gasteiger partial charge in [0.15, 0.2) is 0 Å². The van der Waals surface area contributed by atoms with Gasteiger partial charge in [-0.15, -0.1) is 0 Å². The molecule has 0 radical (unpaired) electrons. The predicted octanol–water partition coefficient (Wildman–Crippen LogP) is 7.15. The average molecular weight is 463 g/mol. The molecular weight excluding hydrogens is 432 g/mol. The molecule has 1 aliphatic heterocycles. The summed E-state index contributed by atoms with van der Waals surface area (Å²) in [5.41, 5.74) is 5.92. The number of anilines is 2. The maximum atomic E-state index is 14.0. The van der Waals surface area contributed by atoms with Gasteiger partial charge < -0.3 is 9.64 Å². The van der Waals surface area contributed by atoms with Crippen LogP contribution in [0, 0.1) is 6.92 Å². The third-order valence-electron chi connectivity index (χ3n) is 6.36. The number of carbonyl (C=O) groups is 1. The van der Waals surface area contributed by atoms with E-state index < -0.39 is 0 Å². The third kappa shape index (κ3) is 4.65. The van der Waals surface area contributed by atoms with Crippen LogP contribution < -0.4 is 14.5 Å². The molecule has 0 aliphatic carbocycles. The van der Waals surface area contributed by atoms with Gasteiger partial charge in [-0.25, -0.2) is 0 Å². The summed E-state index contributed by atoms with van der Waals surface area (Å²) in [6.45, 7) is 5.52. The van der Waals surface area contributed by atoms with Gasteiger partial charge in [0.25, 0.3) is 5.91 Å². The Kier molecular flexibility index (Phi) is 6.53. The van der Waals surface area contributed by atoms with E-state index in [0.29, 0.717) is 18.7 Å². The van der Waals surface area contributed by atoms with E-state index in [0.717, 1.165) is 34.7 Å². The summed E-state index contributed by atoms with van der Waals surface area (Å²) in [6, 6.07) is 34.7. The van der Waals surface area contributed by atoms with Gasteiger partial charge >= 0.3 is 0 Å². The third-order valence-corrected chi connectivity index (χ3v) is 6.36. The zero-order valence-corrected chi connectivity index (χ0v) is 20.2. The first-order valence-corrected chi connectivity index (χ1v) is 12.2. The molecule has 35 heavy (non-hydrogen) atoms. The van der Waals surface area contributed by atoms with Crippen LogP contribution in [0.1, 0.15) is 46.6 Å². The highest BCUT2D eigenvalue weighted by molar-refractivity contribution is 6.12. The number of nitrogens with zero attached hydrogens (tertiary/aromatic N) is 2. The molecule has 1 atom stereocenters. The Morgan fingerprint density at radius 3 is 2.20 bits per heavy atom. The first kappa shape index (κ1) is 22.7. The molecule has 4 heteroatoms. The molecule has 1 amide bonds. The second kappa shape index (κ2) is 10.1.